The van der Waals surface area contributed by atoms with Gasteiger partial charge in [0.05, 0.1) is 12.1 Å². The maximum atomic E-state index is 11.4. The normalized spacial score (nSPS) is 27.3. The number of hydrogen-bond acceptors (Lipinski definition) is 3. The molecule has 0 saturated carbocycles. The highest BCUT2D eigenvalue weighted by Crippen LogP contribution is 2.15. The van der Waals surface area contributed by atoms with Crippen molar-refractivity contribution in [3.8, 4) is 0 Å². The highest BCUT2D eigenvalue weighted by molar-refractivity contribution is 5.76. The molecule has 1 rings (SSSR count). The van der Waals surface area contributed by atoms with Crippen molar-refractivity contribution in [1.29, 1.82) is 0 Å². The van der Waals surface area contributed by atoms with Crippen molar-refractivity contribution in [2.45, 2.75) is 38.1 Å². The van der Waals surface area contributed by atoms with Gasteiger partial charge in [0.1, 0.15) is 0 Å². The van der Waals surface area contributed by atoms with E-state index in [4.69, 9.17) is 0 Å². The van der Waals surface area contributed by atoms with E-state index in [2.05, 4.69) is 10.6 Å². The van der Waals surface area contributed by atoms with Crippen LogP contribution in [0.5, 0.6) is 0 Å². The summed E-state index contributed by atoms with van der Waals surface area (Å²) < 4.78 is 0. The molecule has 0 aromatic carbocycles. The summed E-state index contributed by atoms with van der Waals surface area (Å²) in [5.74, 6) is 0.0465. The molecule has 0 bridgehead atoms. The summed E-state index contributed by atoms with van der Waals surface area (Å²) in [5, 5.41) is 15.4. The monoisotopic (exact) mass is 200 g/mol. The molecule has 1 amide bonds. The molecule has 4 nitrogen and oxygen atoms in total. The molecule has 1 saturated heterocycles. The second-order valence-corrected chi connectivity index (χ2v) is 4.02. The van der Waals surface area contributed by atoms with Crippen LogP contribution in [0.25, 0.3) is 0 Å². The Bertz CT molecular complexity index is 189. The van der Waals surface area contributed by atoms with Gasteiger partial charge in [-0.2, -0.15) is 0 Å². The van der Waals surface area contributed by atoms with Crippen molar-refractivity contribution in [3.63, 3.8) is 0 Å². The van der Waals surface area contributed by atoms with Crippen molar-refractivity contribution >= 4 is 5.91 Å². The summed E-state index contributed by atoms with van der Waals surface area (Å²) in [6, 6.07) is 0. The lowest BCUT2D eigenvalue weighted by Gasteiger charge is -2.36. The first-order valence-electron chi connectivity index (χ1n) is 5.35. The van der Waals surface area contributed by atoms with Gasteiger partial charge in [-0.3, -0.25) is 4.79 Å². The number of piperidine rings is 1. The Kier molecular flexibility index (Phi) is 4.35. The molecule has 3 N–H and O–H groups in total. The maximum Gasteiger partial charge on any atom is 0.220 e. The van der Waals surface area contributed by atoms with Crippen LogP contribution in [0, 0.1) is 0 Å². The van der Waals surface area contributed by atoms with Gasteiger partial charge in [0.15, 0.2) is 0 Å². The minimum atomic E-state index is -0.412. The van der Waals surface area contributed by atoms with E-state index in [0.717, 1.165) is 25.8 Å². The number of amides is 1. The number of hydrogen-bond donors (Lipinski definition) is 3. The summed E-state index contributed by atoms with van der Waals surface area (Å²) in [6.45, 7) is 3.66. The minimum Gasteiger partial charge on any atom is -0.394 e. The van der Waals surface area contributed by atoms with Gasteiger partial charge in [-0.25, -0.2) is 0 Å². The quantitative estimate of drug-likeness (QED) is 0.599. The Morgan fingerprint density at radius 1 is 1.64 bits per heavy atom. The third kappa shape index (κ3) is 2.96. The van der Waals surface area contributed by atoms with Crippen LogP contribution < -0.4 is 10.6 Å². The van der Waals surface area contributed by atoms with E-state index < -0.39 is 5.54 Å². The largest absolute Gasteiger partial charge is 0.394 e. The predicted molar refractivity (Wildman–Crippen MR) is 55.0 cm³/mol. The topological polar surface area (TPSA) is 61.4 Å². The molecule has 1 aliphatic heterocycles. The Hall–Kier alpha value is -0.610. The molecule has 0 aliphatic carbocycles. The van der Waals surface area contributed by atoms with Crippen LogP contribution in [0.2, 0.25) is 0 Å². The fourth-order valence-electron chi connectivity index (χ4n) is 1.83. The zero-order valence-corrected chi connectivity index (χ0v) is 8.81. The van der Waals surface area contributed by atoms with Gasteiger partial charge in [0, 0.05) is 13.0 Å². The molecule has 14 heavy (non-hydrogen) atoms. The Morgan fingerprint density at radius 3 is 2.93 bits per heavy atom. The van der Waals surface area contributed by atoms with Crippen molar-refractivity contribution in [2.24, 2.45) is 0 Å². The van der Waals surface area contributed by atoms with E-state index in [0.29, 0.717) is 13.0 Å². The Labute approximate surface area is 85.1 Å². The molecule has 0 aromatic rings. The predicted octanol–water partition coefficient (Wildman–Crippen LogP) is 0.0172. The van der Waals surface area contributed by atoms with Gasteiger partial charge in [-0.05, 0) is 25.8 Å². The number of aliphatic hydroxyl groups excluding tert-OH is 1. The average Bonchev–Trinajstić information content (AvgIpc) is 2.19. The zero-order chi connectivity index (χ0) is 10.4. The molecule has 1 atom stereocenters. The van der Waals surface area contributed by atoms with Crippen molar-refractivity contribution < 1.29 is 9.90 Å². The third-order valence-electron chi connectivity index (χ3n) is 2.66. The van der Waals surface area contributed by atoms with Gasteiger partial charge >= 0.3 is 0 Å². The van der Waals surface area contributed by atoms with E-state index >= 15 is 0 Å². The van der Waals surface area contributed by atoms with Crippen LogP contribution in [-0.4, -0.2) is 36.2 Å². The third-order valence-corrected chi connectivity index (χ3v) is 2.66. The van der Waals surface area contributed by atoms with Crippen molar-refractivity contribution in [2.75, 3.05) is 19.7 Å². The lowest BCUT2D eigenvalue weighted by Crippen LogP contribution is -2.59. The molecule has 4 heteroatoms. The maximum absolute atomic E-state index is 11.4. The molecular weight excluding hydrogens is 180 g/mol. The molecule has 1 unspecified atom stereocenters. The SMILES string of the molecule is CCCC(=O)NC1(CO)CCCNC1. The van der Waals surface area contributed by atoms with Gasteiger partial charge in [-0.1, -0.05) is 6.92 Å². The van der Waals surface area contributed by atoms with Gasteiger partial charge in [-0.15, -0.1) is 0 Å². The van der Waals surface area contributed by atoms with Gasteiger partial charge < -0.3 is 15.7 Å². The average molecular weight is 200 g/mol. The standard InChI is InChI=1S/C10H20N2O2/c1-2-4-9(14)12-10(8-13)5-3-6-11-7-10/h11,13H,2-8H2,1H3,(H,12,14). The first-order valence-corrected chi connectivity index (χ1v) is 5.35. The van der Waals surface area contributed by atoms with E-state index in [1.807, 2.05) is 6.92 Å². The fourth-order valence-corrected chi connectivity index (χ4v) is 1.83. The smallest absolute Gasteiger partial charge is 0.220 e. The van der Waals surface area contributed by atoms with Crippen LogP contribution in [-0.2, 0) is 4.79 Å². The number of nitrogens with one attached hydrogen (secondary N) is 2. The molecule has 82 valence electrons. The second kappa shape index (κ2) is 5.32. The van der Waals surface area contributed by atoms with Crippen molar-refractivity contribution in [1.82, 2.24) is 10.6 Å². The number of carbonyl (C=O) groups excluding carboxylic acids is 1. The van der Waals surface area contributed by atoms with E-state index in [1.165, 1.54) is 0 Å². The Balaban J connectivity index is 2.47. The van der Waals surface area contributed by atoms with Gasteiger partial charge in [0.2, 0.25) is 5.91 Å². The lowest BCUT2D eigenvalue weighted by atomic mass is 9.91. The number of rotatable bonds is 4. The van der Waals surface area contributed by atoms with Gasteiger partial charge in [0.25, 0.3) is 0 Å². The Morgan fingerprint density at radius 2 is 2.43 bits per heavy atom. The minimum absolute atomic E-state index is 0.0233. The van der Waals surface area contributed by atoms with Crippen LogP contribution in [0.3, 0.4) is 0 Å². The summed E-state index contributed by atoms with van der Waals surface area (Å²) in [6.07, 6.45) is 3.27. The van der Waals surface area contributed by atoms with E-state index in [-0.39, 0.29) is 12.5 Å². The van der Waals surface area contributed by atoms with Crippen molar-refractivity contribution in [3.05, 3.63) is 0 Å². The first-order chi connectivity index (χ1) is 6.72. The highest BCUT2D eigenvalue weighted by atomic mass is 16.3. The van der Waals surface area contributed by atoms with Crippen LogP contribution in [0.1, 0.15) is 32.6 Å². The molecule has 0 aromatic heterocycles. The molecule has 0 spiro atoms. The molecular formula is C10H20N2O2. The summed E-state index contributed by atoms with van der Waals surface area (Å²) in [5.41, 5.74) is -0.412. The molecule has 1 fully saturated rings. The molecule has 0 radical (unpaired) electrons. The zero-order valence-electron chi connectivity index (χ0n) is 8.81. The molecule has 1 heterocycles. The van der Waals surface area contributed by atoms with Crippen LogP contribution >= 0.6 is 0 Å². The van der Waals surface area contributed by atoms with Crippen LogP contribution in [0.4, 0.5) is 0 Å². The number of aliphatic hydroxyl groups is 1. The summed E-state index contributed by atoms with van der Waals surface area (Å²) >= 11 is 0. The second-order valence-electron chi connectivity index (χ2n) is 4.02. The van der Waals surface area contributed by atoms with Crippen LogP contribution in [0.15, 0.2) is 0 Å². The number of carbonyl (C=O) groups is 1. The first kappa shape index (κ1) is 11.5. The molecule has 1 aliphatic rings. The van der Waals surface area contributed by atoms with E-state index in [9.17, 15) is 9.90 Å². The fraction of sp³-hybridized carbons (Fsp3) is 0.900. The summed E-state index contributed by atoms with van der Waals surface area (Å²) in [7, 11) is 0. The lowest BCUT2D eigenvalue weighted by molar-refractivity contribution is -0.124. The van der Waals surface area contributed by atoms with E-state index in [1.54, 1.807) is 0 Å². The highest BCUT2D eigenvalue weighted by Gasteiger charge is 2.32. The summed E-state index contributed by atoms with van der Waals surface area (Å²) in [4.78, 5) is 11.4.